The number of anilines is 2. The smallest absolute Gasteiger partial charge is 0.225 e. The van der Waals surface area contributed by atoms with Crippen molar-refractivity contribution in [2.45, 2.75) is 46.0 Å². The maximum absolute atomic E-state index is 12.5. The van der Waals surface area contributed by atoms with Gasteiger partial charge in [0.2, 0.25) is 5.91 Å². The molecule has 0 aromatic carbocycles. The predicted molar refractivity (Wildman–Crippen MR) is 91.1 cm³/mol. The zero-order valence-electron chi connectivity index (χ0n) is 14.4. The topological polar surface area (TPSA) is 84.2 Å². The Labute approximate surface area is 141 Å². The maximum Gasteiger partial charge on any atom is 0.225 e. The van der Waals surface area contributed by atoms with Crippen molar-refractivity contribution in [1.29, 1.82) is 0 Å². The summed E-state index contributed by atoms with van der Waals surface area (Å²) < 4.78 is 5.19. The van der Waals surface area contributed by atoms with Gasteiger partial charge in [0.05, 0.1) is 11.9 Å². The van der Waals surface area contributed by atoms with Crippen molar-refractivity contribution in [3.05, 3.63) is 29.5 Å². The van der Waals surface area contributed by atoms with Gasteiger partial charge in [-0.05, 0) is 32.6 Å². The van der Waals surface area contributed by atoms with Crippen LogP contribution in [0, 0.1) is 13.8 Å². The van der Waals surface area contributed by atoms with Crippen LogP contribution in [0.15, 0.2) is 17.0 Å². The number of hydrogen-bond acceptors (Lipinski definition) is 6. The van der Waals surface area contributed by atoms with Crippen LogP contribution in [0.4, 0.5) is 11.5 Å². The lowest BCUT2D eigenvalue weighted by molar-refractivity contribution is -0.116. The molecular weight excluding hydrogens is 306 g/mol. The van der Waals surface area contributed by atoms with Gasteiger partial charge in [0, 0.05) is 25.1 Å². The molecule has 1 aliphatic heterocycles. The summed E-state index contributed by atoms with van der Waals surface area (Å²) in [5.41, 5.74) is 2.53. The lowest BCUT2D eigenvalue weighted by atomic mass is 9.96. The minimum absolute atomic E-state index is 0.0381. The number of amides is 1. The van der Waals surface area contributed by atoms with Crippen molar-refractivity contribution in [3.8, 4) is 0 Å². The van der Waals surface area contributed by atoms with E-state index in [1.165, 1.54) is 6.33 Å². The third kappa shape index (κ3) is 3.39. The highest BCUT2D eigenvalue weighted by Crippen LogP contribution is 2.28. The third-order valence-corrected chi connectivity index (χ3v) is 4.44. The molecule has 1 unspecified atom stereocenters. The third-order valence-electron chi connectivity index (χ3n) is 4.44. The summed E-state index contributed by atoms with van der Waals surface area (Å²) in [7, 11) is 0. The highest BCUT2D eigenvalue weighted by molar-refractivity contribution is 5.93. The van der Waals surface area contributed by atoms with Crippen LogP contribution in [-0.2, 0) is 4.79 Å². The lowest BCUT2D eigenvalue weighted by Gasteiger charge is -2.20. The molecule has 2 aromatic heterocycles. The van der Waals surface area contributed by atoms with Crippen molar-refractivity contribution in [3.63, 3.8) is 0 Å². The summed E-state index contributed by atoms with van der Waals surface area (Å²) in [4.78, 5) is 23.1. The molecule has 128 valence electrons. The van der Waals surface area contributed by atoms with Crippen LogP contribution in [0.2, 0.25) is 0 Å². The first-order valence-electron chi connectivity index (χ1n) is 8.34. The van der Waals surface area contributed by atoms with Crippen LogP contribution in [-0.4, -0.2) is 34.1 Å². The SMILES string of the molecule is Cc1noc(C)c1C(C)CC(=O)Nc1cncnc1N1CCCC1. The van der Waals surface area contributed by atoms with Crippen LogP contribution in [0.5, 0.6) is 0 Å². The molecule has 0 radical (unpaired) electrons. The molecule has 0 bridgehead atoms. The fourth-order valence-electron chi connectivity index (χ4n) is 3.37. The van der Waals surface area contributed by atoms with E-state index in [4.69, 9.17) is 4.52 Å². The molecule has 3 heterocycles. The first-order valence-corrected chi connectivity index (χ1v) is 8.34. The van der Waals surface area contributed by atoms with E-state index < -0.39 is 0 Å². The summed E-state index contributed by atoms with van der Waals surface area (Å²) in [5.74, 6) is 1.56. The molecule has 0 spiro atoms. The minimum Gasteiger partial charge on any atom is -0.361 e. The molecule has 3 rings (SSSR count). The summed E-state index contributed by atoms with van der Waals surface area (Å²) in [6.45, 7) is 7.72. The second-order valence-electron chi connectivity index (χ2n) is 6.35. The van der Waals surface area contributed by atoms with Gasteiger partial charge in [0.25, 0.3) is 0 Å². The van der Waals surface area contributed by atoms with Gasteiger partial charge in [-0.2, -0.15) is 0 Å². The van der Waals surface area contributed by atoms with E-state index in [2.05, 4.69) is 25.3 Å². The summed E-state index contributed by atoms with van der Waals surface area (Å²) in [6.07, 6.45) is 5.85. The number of carbonyl (C=O) groups is 1. The number of carbonyl (C=O) groups excluding carboxylic acids is 1. The maximum atomic E-state index is 12.5. The largest absolute Gasteiger partial charge is 0.361 e. The van der Waals surface area contributed by atoms with E-state index in [0.717, 1.165) is 48.8 Å². The Morgan fingerprint density at radius 1 is 1.38 bits per heavy atom. The van der Waals surface area contributed by atoms with E-state index in [0.29, 0.717) is 12.1 Å². The molecule has 7 nitrogen and oxygen atoms in total. The fourth-order valence-corrected chi connectivity index (χ4v) is 3.37. The molecule has 0 aliphatic carbocycles. The molecule has 1 aliphatic rings. The van der Waals surface area contributed by atoms with E-state index in [1.807, 2.05) is 20.8 Å². The molecule has 7 heteroatoms. The Morgan fingerprint density at radius 2 is 2.12 bits per heavy atom. The first kappa shape index (κ1) is 16.4. The molecule has 0 saturated carbocycles. The van der Waals surface area contributed by atoms with Gasteiger partial charge >= 0.3 is 0 Å². The summed E-state index contributed by atoms with van der Waals surface area (Å²) >= 11 is 0. The second-order valence-corrected chi connectivity index (χ2v) is 6.35. The zero-order valence-corrected chi connectivity index (χ0v) is 14.4. The molecule has 1 saturated heterocycles. The van der Waals surface area contributed by atoms with Crippen molar-refractivity contribution in [2.24, 2.45) is 0 Å². The average Bonchev–Trinajstić information content (AvgIpc) is 3.18. The molecule has 1 amide bonds. The van der Waals surface area contributed by atoms with Crippen LogP contribution >= 0.6 is 0 Å². The summed E-state index contributed by atoms with van der Waals surface area (Å²) in [5, 5.41) is 6.92. The van der Waals surface area contributed by atoms with Gasteiger partial charge in [-0.3, -0.25) is 4.79 Å². The Morgan fingerprint density at radius 3 is 2.79 bits per heavy atom. The molecule has 1 atom stereocenters. The average molecular weight is 329 g/mol. The van der Waals surface area contributed by atoms with Gasteiger partial charge < -0.3 is 14.7 Å². The Kier molecular flexibility index (Phi) is 4.78. The van der Waals surface area contributed by atoms with Gasteiger partial charge in [0.15, 0.2) is 5.82 Å². The van der Waals surface area contributed by atoms with Gasteiger partial charge in [-0.1, -0.05) is 12.1 Å². The number of aryl methyl sites for hydroxylation is 2. The van der Waals surface area contributed by atoms with Crippen molar-refractivity contribution in [1.82, 2.24) is 15.1 Å². The number of aromatic nitrogens is 3. The Bertz CT molecular complexity index is 702. The lowest BCUT2D eigenvalue weighted by Crippen LogP contribution is -2.23. The van der Waals surface area contributed by atoms with Gasteiger partial charge in [-0.25, -0.2) is 9.97 Å². The molecule has 1 fully saturated rings. The van der Waals surface area contributed by atoms with Crippen LogP contribution in [0.3, 0.4) is 0 Å². The number of rotatable bonds is 5. The highest BCUT2D eigenvalue weighted by atomic mass is 16.5. The van der Waals surface area contributed by atoms with Crippen LogP contribution in [0.25, 0.3) is 0 Å². The zero-order chi connectivity index (χ0) is 17.1. The second kappa shape index (κ2) is 6.98. The van der Waals surface area contributed by atoms with Crippen LogP contribution < -0.4 is 10.2 Å². The van der Waals surface area contributed by atoms with E-state index >= 15 is 0 Å². The minimum atomic E-state index is -0.0576. The van der Waals surface area contributed by atoms with Gasteiger partial charge in [0.1, 0.15) is 17.8 Å². The first-order chi connectivity index (χ1) is 11.6. The molecule has 24 heavy (non-hydrogen) atoms. The standard InChI is InChI=1S/C17H23N5O2/c1-11(16-12(2)21-24-13(16)3)8-15(23)20-14-9-18-10-19-17(14)22-6-4-5-7-22/h9-11H,4-8H2,1-3H3,(H,20,23). The van der Waals surface area contributed by atoms with Gasteiger partial charge in [-0.15, -0.1) is 0 Å². The monoisotopic (exact) mass is 329 g/mol. The molecular formula is C17H23N5O2. The number of nitrogens with zero attached hydrogens (tertiary/aromatic N) is 4. The number of hydrogen-bond donors (Lipinski definition) is 1. The normalized spacial score (nSPS) is 15.5. The van der Waals surface area contributed by atoms with Crippen LogP contribution in [0.1, 0.15) is 49.1 Å². The Hall–Kier alpha value is -2.44. The van der Waals surface area contributed by atoms with E-state index in [1.54, 1.807) is 6.20 Å². The predicted octanol–water partition coefficient (Wildman–Crippen LogP) is 2.81. The van der Waals surface area contributed by atoms with E-state index in [-0.39, 0.29) is 11.8 Å². The summed E-state index contributed by atoms with van der Waals surface area (Å²) in [6, 6.07) is 0. The van der Waals surface area contributed by atoms with E-state index in [9.17, 15) is 4.79 Å². The quantitative estimate of drug-likeness (QED) is 0.908. The van der Waals surface area contributed by atoms with Crippen molar-refractivity contribution < 1.29 is 9.32 Å². The molecule has 1 N–H and O–H groups in total. The highest BCUT2D eigenvalue weighted by Gasteiger charge is 2.22. The number of nitrogens with one attached hydrogen (secondary N) is 1. The van der Waals surface area contributed by atoms with Crippen molar-refractivity contribution >= 4 is 17.4 Å². The van der Waals surface area contributed by atoms with Crippen molar-refractivity contribution in [2.75, 3.05) is 23.3 Å². The fraction of sp³-hybridized carbons (Fsp3) is 0.529. The molecule has 2 aromatic rings. The Balaban J connectivity index is 1.69.